The van der Waals surface area contributed by atoms with Gasteiger partial charge in [0, 0.05) is 25.2 Å². The molecule has 2 rings (SSSR count). The van der Waals surface area contributed by atoms with E-state index in [1.807, 2.05) is 35.2 Å². The Morgan fingerprint density at radius 2 is 2.06 bits per heavy atom. The van der Waals surface area contributed by atoms with Crippen molar-refractivity contribution in [1.82, 2.24) is 10.2 Å². The SMILES string of the molecule is CCCN(C(=O)c1ccccc1)C1CNC1. The van der Waals surface area contributed by atoms with E-state index in [0.29, 0.717) is 6.04 Å². The summed E-state index contributed by atoms with van der Waals surface area (Å²) in [6.07, 6.45) is 1.01. The maximum Gasteiger partial charge on any atom is 0.254 e. The Hall–Kier alpha value is -1.35. The molecule has 16 heavy (non-hydrogen) atoms. The zero-order valence-electron chi connectivity index (χ0n) is 9.65. The van der Waals surface area contributed by atoms with Gasteiger partial charge >= 0.3 is 0 Å². The summed E-state index contributed by atoms with van der Waals surface area (Å²) in [6, 6.07) is 9.92. The Labute approximate surface area is 96.5 Å². The third-order valence-corrected chi connectivity index (χ3v) is 2.95. The van der Waals surface area contributed by atoms with Crippen molar-refractivity contribution in [3.8, 4) is 0 Å². The third-order valence-electron chi connectivity index (χ3n) is 2.95. The molecule has 1 aliphatic rings. The number of benzene rings is 1. The molecule has 0 aliphatic carbocycles. The number of carbonyl (C=O) groups is 1. The molecule has 1 fully saturated rings. The van der Waals surface area contributed by atoms with E-state index in [4.69, 9.17) is 0 Å². The van der Waals surface area contributed by atoms with Gasteiger partial charge in [0.2, 0.25) is 0 Å². The summed E-state index contributed by atoms with van der Waals surface area (Å²) >= 11 is 0. The van der Waals surface area contributed by atoms with Crippen molar-refractivity contribution >= 4 is 5.91 Å². The lowest BCUT2D eigenvalue weighted by molar-refractivity contribution is 0.0616. The van der Waals surface area contributed by atoms with Gasteiger partial charge in [-0.15, -0.1) is 0 Å². The molecule has 3 heteroatoms. The molecule has 86 valence electrons. The van der Waals surface area contributed by atoms with Crippen LogP contribution in [0.2, 0.25) is 0 Å². The van der Waals surface area contributed by atoms with Gasteiger partial charge in [0.25, 0.3) is 5.91 Å². The molecule has 1 saturated heterocycles. The lowest BCUT2D eigenvalue weighted by Gasteiger charge is -2.38. The van der Waals surface area contributed by atoms with Gasteiger partial charge in [-0.3, -0.25) is 4.79 Å². The molecule has 3 nitrogen and oxygen atoms in total. The average Bonchev–Trinajstić information content (AvgIpc) is 2.26. The Kier molecular flexibility index (Phi) is 3.57. The molecule has 1 aromatic carbocycles. The van der Waals surface area contributed by atoms with Crippen molar-refractivity contribution in [3.05, 3.63) is 35.9 Å². The summed E-state index contributed by atoms with van der Waals surface area (Å²) in [4.78, 5) is 14.3. The summed E-state index contributed by atoms with van der Waals surface area (Å²) in [6.45, 7) is 4.81. The smallest absolute Gasteiger partial charge is 0.254 e. The zero-order chi connectivity index (χ0) is 11.4. The van der Waals surface area contributed by atoms with Gasteiger partial charge in [-0.05, 0) is 18.6 Å². The molecule has 0 aromatic heterocycles. The number of amides is 1. The summed E-state index contributed by atoms with van der Waals surface area (Å²) in [5.41, 5.74) is 0.794. The van der Waals surface area contributed by atoms with Crippen LogP contribution in [0.25, 0.3) is 0 Å². The van der Waals surface area contributed by atoms with Crippen molar-refractivity contribution in [2.75, 3.05) is 19.6 Å². The van der Waals surface area contributed by atoms with Crippen molar-refractivity contribution in [1.29, 1.82) is 0 Å². The van der Waals surface area contributed by atoms with E-state index in [-0.39, 0.29) is 5.91 Å². The summed E-state index contributed by atoms with van der Waals surface area (Å²) in [7, 11) is 0. The van der Waals surface area contributed by atoms with E-state index < -0.39 is 0 Å². The quantitative estimate of drug-likeness (QED) is 0.831. The van der Waals surface area contributed by atoms with Gasteiger partial charge in [-0.2, -0.15) is 0 Å². The van der Waals surface area contributed by atoms with Crippen LogP contribution in [0.3, 0.4) is 0 Å². The summed E-state index contributed by atoms with van der Waals surface area (Å²) < 4.78 is 0. The van der Waals surface area contributed by atoms with E-state index in [1.54, 1.807) is 0 Å². The second-order valence-corrected chi connectivity index (χ2v) is 4.18. The number of rotatable bonds is 4. The molecule has 0 atom stereocenters. The van der Waals surface area contributed by atoms with Crippen LogP contribution in [-0.2, 0) is 0 Å². The van der Waals surface area contributed by atoms with Crippen LogP contribution >= 0.6 is 0 Å². The predicted molar refractivity (Wildman–Crippen MR) is 64.4 cm³/mol. The van der Waals surface area contributed by atoms with E-state index in [9.17, 15) is 4.79 Å². The lowest BCUT2D eigenvalue weighted by Crippen LogP contribution is -2.59. The van der Waals surface area contributed by atoms with Gasteiger partial charge in [-0.1, -0.05) is 25.1 Å². The highest BCUT2D eigenvalue weighted by Crippen LogP contribution is 2.12. The highest BCUT2D eigenvalue weighted by Gasteiger charge is 2.28. The highest BCUT2D eigenvalue weighted by atomic mass is 16.2. The first-order valence-corrected chi connectivity index (χ1v) is 5.89. The fourth-order valence-electron chi connectivity index (χ4n) is 1.93. The lowest BCUT2D eigenvalue weighted by atomic mass is 10.1. The van der Waals surface area contributed by atoms with Gasteiger partial charge < -0.3 is 10.2 Å². The molecular weight excluding hydrogens is 200 g/mol. The molecule has 0 saturated carbocycles. The van der Waals surface area contributed by atoms with Crippen LogP contribution in [0.5, 0.6) is 0 Å². The Morgan fingerprint density at radius 1 is 1.38 bits per heavy atom. The molecule has 0 radical (unpaired) electrons. The Bertz CT molecular complexity index is 346. The average molecular weight is 218 g/mol. The van der Waals surface area contributed by atoms with Gasteiger partial charge in [0.05, 0.1) is 6.04 Å². The molecule has 1 amide bonds. The summed E-state index contributed by atoms with van der Waals surface area (Å²) in [5.74, 6) is 0.161. The van der Waals surface area contributed by atoms with E-state index in [0.717, 1.165) is 31.6 Å². The first kappa shape index (κ1) is 11.1. The van der Waals surface area contributed by atoms with Crippen molar-refractivity contribution in [3.63, 3.8) is 0 Å². The molecule has 1 heterocycles. The maximum atomic E-state index is 12.3. The Balaban J connectivity index is 2.10. The van der Waals surface area contributed by atoms with Crippen molar-refractivity contribution in [2.24, 2.45) is 0 Å². The van der Waals surface area contributed by atoms with Gasteiger partial charge in [0.15, 0.2) is 0 Å². The minimum Gasteiger partial charge on any atom is -0.333 e. The minimum absolute atomic E-state index is 0.161. The number of nitrogens with one attached hydrogen (secondary N) is 1. The number of carbonyl (C=O) groups excluding carboxylic acids is 1. The normalized spacial score (nSPS) is 15.6. The molecule has 0 bridgehead atoms. The monoisotopic (exact) mass is 218 g/mol. The molecule has 1 N–H and O–H groups in total. The Morgan fingerprint density at radius 3 is 2.56 bits per heavy atom. The number of hydrogen-bond donors (Lipinski definition) is 1. The fraction of sp³-hybridized carbons (Fsp3) is 0.462. The van der Waals surface area contributed by atoms with Gasteiger partial charge in [0.1, 0.15) is 0 Å². The van der Waals surface area contributed by atoms with Crippen molar-refractivity contribution < 1.29 is 4.79 Å². The fourth-order valence-corrected chi connectivity index (χ4v) is 1.93. The van der Waals surface area contributed by atoms with E-state index >= 15 is 0 Å². The first-order valence-electron chi connectivity index (χ1n) is 5.89. The number of nitrogens with zero attached hydrogens (tertiary/aromatic N) is 1. The number of hydrogen-bond acceptors (Lipinski definition) is 2. The molecule has 0 spiro atoms. The van der Waals surface area contributed by atoms with Crippen LogP contribution < -0.4 is 5.32 Å². The second-order valence-electron chi connectivity index (χ2n) is 4.18. The molecule has 1 aromatic rings. The van der Waals surface area contributed by atoms with Crippen LogP contribution in [0, 0.1) is 0 Å². The van der Waals surface area contributed by atoms with E-state index in [1.165, 1.54) is 0 Å². The molecular formula is C13H18N2O. The predicted octanol–water partition coefficient (Wildman–Crippen LogP) is 1.51. The van der Waals surface area contributed by atoms with Crippen LogP contribution in [0.1, 0.15) is 23.7 Å². The summed E-state index contributed by atoms with van der Waals surface area (Å²) in [5, 5.41) is 3.21. The molecule has 0 unspecified atom stereocenters. The highest BCUT2D eigenvalue weighted by molar-refractivity contribution is 5.94. The standard InChI is InChI=1S/C13H18N2O/c1-2-8-15(12-9-14-10-12)13(16)11-6-4-3-5-7-11/h3-7,12,14H,2,8-10H2,1H3. The zero-order valence-corrected chi connectivity index (χ0v) is 9.65. The van der Waals surface area contributed by atoms with Crippen LogP contribution in [0.4, 0.5) is 0 Å². The van der Waals surface area contributed by atoms with Crippen molar-refractivity contribution in [2.45, 2.75) is 19.4 Å². The second kappa shape index (κ2) is 5.12. The minimum atomic E-state index is 0.161. The maximum absolute atomic E-state index is 12.3. The van der Waals surface area contributed by atoms with Crippen LogP contribution in [0.15, 0.2) is 30.3 Å². The van der Waals surface area contributed by atoms with E-state index in [2.05, 4.69) is 12.2 Å². The largest absolute Gasteiger partial charge is 0.333 e. The molecule has 1 aliphatic heterocycles. The van der Waals surface area contributed by atoms with Gasteiger partial charge in [-0.25, -0.2) is 0 Å². The first-order chi connectivity index (χ1) is 7.83. The third kappa shape index (κ3) is 2.25. The van der Waals surface area contributed by atoms with Crippen LogP contribution in [-0.4, -0.2) is 36.5 Å². The topological polar surface area (TPSA) is 32.3 Å².